The summed E-state index contributed by atoms with van der Waals surface area (Å²) in [7, 11) is 0. The number of rotatable bonds is 4. The van der Waals surface area contributed by atoms with Crippen LogP contribution >= 0.6 is 22.9 Å². The van der Waals surface area contributed by atoms with E-state index in [1.807, 2.05) is 0 Å². The topological polar surface area (TPSA) is 68.5 Å². The Morgan fingerprint density at radius 3 is 2.61 bits per heavy atom. The zero-order chi connectivity index (χ0) is 19.7. The molecular formula is C20H11ClFNO4S. The number of halogens is 2. The molecule has 0 aliphatic rings. The van der Waals surface area contributed by atoms with Crippen molar-refractivity contribution in [1.82, 2.24) is 0 Å². The first-order valence-electron chi connectivity index (χ1n) is 8.06. The quantitative estimate of drug-likeness (QED) is 0.340. The molecule has 0 radical (unpaired) electrons. The zero-order valence-electron chi connectivity index (χ0n) is 14.1. The van der Waals surface area contributed by atoms with E-state index in [1.165, 1.54) is 36.6 Å². The van der Waals surface area contributed by atoms with Gasteiger partial charge in [0.2, 0.25) is 5.76 Å². The fourth-order valence-corrected chi connectivity index (χ4v) is 3.97. The molecule has 0 spiro atoms. The van der Waals surface area contributed by atoms with E-state index in [0.29, 0.717) is 31.4 Å². The van der Waals surface area contributed by atoms with Gasteiger partial charge in [0.05, 0.1) is 11.3 Å². The SMILES string of the molecule is O=C(Oc1ccc2c(Cl)c(C(=O)Nc3ccc(F)cc3)sc2c1)c1ccco1. The summed E-state index contributed by atoms with van der Waals surface area (Å²) in [4.78, 5) is 24.8. The number of ether oxygens (including phenoxy) is 1. The Kier molecular flexibility index (Phi) is 4.85. The second-order valence-electron chi connectivity index (χ2n) is 5.73. The molecule has 1 N–H and O–H groups in total. The normalized spacial score (nSPS) is 10.8. The van der Waals surface area contributed by atoms with E-state index in [0.717, 1.165) is 11.3 Å². The number of carbonyl (C=O) groups excluding carboxylic acids is 2. The second-order valence-corrected chi connectivity index (χ2v) is 7.16. The summed E-state index contributed by atoms with van der Waals surface area (Å²) in [6.07, 6.45) is 1.38. The Balaban J connectivity index is 1.58. The van der Waals surface area contributed by atoms with E-state index in [-0.39, 0.29) is 5.76 Å². The molecule has 0 fully saturated rings. The Morgan fingerprint density at radius 1 is 1.11 bits per heavy atom. The number of nitrogens with one attached hydrogen (secondary N) is 1. The van der Waals surface area contributed by atoms with Gasteiger partial charge in [-0.3, -0.25) is 4.79 Å². The third kappa shape index (κ3) is 3.62. The predicted molar refractivity (Wildman–Crippen MR) is 105 cm³/mol. The van der Waals surface area contributed by atoms with Gasteiger partial charge in [0.1, 0.15) is 16.4 Å². The van der Waals surface area contributed by atoms with Crippen LogP contribution in [-0.4, -0.2) is 11.9 Å². The molecule has 1 amide bonds. The van der Waals surface area contributed by atoms with Gasteiger partial charge in [0.25, 0.3) is 5.91 Å². The van der Waals surface area contributed by atoms with E-state index >= 15 is 0 Å². The Hall–Kier alpha value is -3.16. The van der Waals surface area contributed by atoms with Crippen LogP contribution in [0, 0.1) is 5.82 Å². The lowest BCUT2D eigenvalue weighted by Crippen LogP contribution is -2.10. The van der Waals surface area contributed by atoms with Crippen molar-refractivity contribution in [3.8, 4) is 5.75 Å². The minimum absolute atomic E-state index is 0.0867. The van der Waals surface area contributed by atoms with Gasteiger partial charge in [0, 0.05) is 15.8 Å². The number of esters is 1. The lowest BCUT2D eigenvalue weighted by molar-refractivity contribution is 0.0701. The lowest BCUT2D eigenvalue weighted by Gasteiger charge is -2.03. The van der Waals surface area contributed by atoms with Crippen molar-refractivity contribution in [1.29, 1.82) is 0 Å². The summed E-state index contributed by atoms with van der Waals surface area (Å²) in [6.45, 7) is 0. The molecule has 0 aliphatic carbocycles. The van der Waals surface area contributed by atoms with Crippen LogP contribution < -0.4 is 10.1 Å². The summed E-state index contributed by atoms with van der Waals surface area (Å²) in [5, 5.41) is 3.63. The molecule has 4 aromatic rings. The van der Waals surface area contributed by atoms with Crippen molar-refractivity contribution < 1.29 is 23.1 Å². The average Bonchev–Trinajstić information content (AvgIpc) is 3.32. The number of thiophene rings is 1. The van der Waals surface area contributed by atoms with Crippen molar-refractivity contribution in [3.05, 3.63) is 82.3 Å². The smallest absolute Gasteiger partial charge is 0.379 e. The van der Waals surface area contributed by atoms with Gasteiger partial charge >= 0.3 is 5.97 Å². The van der Waals surface area contributed by atoms with Crippen LogP contribution in [0.15, 0.2) is 65.3 Å². The molecule has 0 unspecified atom stereocenters. The van der Waals surface area contributed by atoms with Gasteiger partial charge < -0.3 is 14.5 Å². The predicted octanol–water partition coefficient (Wildman–Crippen LogP) is 5.76. The zero-order valence-corrected chi connectivity index (χ0v) is 15.6. The maximum atomic E-state index is 13.0. The first-order valence-corrected chi connectivity index (χ1v) is 9.25. The minimum Gasteiger partial charge on any atom is -0.457 e. The molecule has 0 saturated carbocycles. The number of fused-ring (bicyclic) bond motifs is 1. The molecule has 0 atom stereocenters. The number of hydrogen-bond acceptors (Lipinski definition) is 5. The molecule has 2 heterocycles. The molecule has 0 saturated heterocycles. The van der Waals surface area contributed by atoms with Gasteiger partial charge in [0.15, 0.2) is 0 Å². The van der Waals surface area contributed by atoms with Crippen LogP contribution in [0.4, 0.5) is 10.1 Å². The van der Waals surface area contributed by atoms with E-state index in [1.54, 1.807) is 24.3 Å². The molecule has 0 bridgehead atoms. The third-order valence-electron chi connectivity index (χ3n) is 3.84. The maximum Gasteiger partial charge on any atom is 0.379 e. The molecule has 2 aromatic carbocycles. The minimum atomic E-state index is -0.624. The van der Waals surface area contributed by atoms with Gasteiger partial charge in [-0.05, 0) is 54.6 Å². The number of benzene rings is 2. The van der Waals surface area contributed by atoms with Crippen LogP contribution in [0.5, 0.6) is 5.75 Å². The number of hydrogen-bond donors (Lipinski definition) is 1. The van der Waals surface area contributed by atoms with Crippen molar-refractivity contribution >= 4 is 50.6 Å². The number of carbonyl (C=O) groups is 2. The van der Waals surface area contributed by atoms with Crippen molar-refractivity contribution in [2.45, 2.75) is 0 Å². The fraction of sp³-hybridized carbons (Fsp3) is 0. The second kappa shape index (κ2) is 7.46. The van der Waals surface area contributed by atoms with E-state index in [4.69, 9.17) is 20.8 Å². The number of furan rings is 1. The molecule has 4 rings (SSSR count). The maximum absolute atomic E-state index is 13.0. The van der Waals surface area contributed by atoms with Crippen LogP contribution in [0.1, 0.15) is 20.2 Å². The summed E-state index contributed by atoms with van der Waals surface area (Å²) in [6, 6.07) is 13.4. The van der Waals surface area contributed by atoms with Crippen LogP contribution in [0.2, 0.25) is 5.02 Å². The van der Waals surface area contributed by atoms with Gasteiger partial charge in [-0.2, -0.15) is 0 Å². The highest BCUT2D eigenvalue weighted by Crippen LogP contribution is 2.37. The molecule has 2 aromatic heterocycles. The van der Waals surface area contributed by atoms with E-state index in [9.17, 15) is 14.0 Å². The largest absolute Gasteiger partial charge is 0.457 e. The highest BCUT2D eigenvalue weighted by molar-refractivity contribution is 7.21. The molecule has 5 nitrogen and oxygen atoms in total. The number of amides is 1. The summed E-state index contributed by atoms with van der Waals surface area (Å²) >= 11 is 7.51. The molecule has 28 heavy (non-hydrogen) atoms. The van der Waals surface area contributed by atoms with E-state index in [2.05, 4.69) is 5.32 Å². The van der Waals surface area contributed by atoms with Crippen LogP contribution in [-0.2, 0) is 0 Å². The van der Waals surface area contributed by atoms with Gasteiger partial charge in [-0.25, -0.2) is 9.18 Å². The fourth-order valence-electron chi connectivity index (χ4n) is 2.53. The molecule has 140 valence electrons. The highest BCUT2D eigenvalue weighted by atomic mass is 35.5. The average molecular weight is 416 g/mol. The summed E-state index contributed by atoms with van der Waals surface area (Å²) in [5.41, 5.74) is 0.452. The molecular weight excluding hydrogens is 405 g/mol. The first kappa shape index (κ1) is 18.2. The van der Waals surface area contributed by atoms with Crippen LogP contribution in [0.3, 0.4) is 0 Å². The third-order valence-corrected chi connectivity index (χ3v) is 5.50. The Morgan fingerprint density at radius 2 is 1.89 bits per heavy atom. The molecule has 8 heteroatoms. The monoisotopic (exact) mass is 415 g/mol. The van der Waals surface area contributed by atoms with Crippen LogP contribution in [0.25, 0.3) is 10.1 Å². The van der Waals surface area contributed by atoms with E-state index < -0.39 is 17.7 Å². The van der Waals surface area contributed by atoms with Crippen molar-refractivity contribution in [2.24, 2.45) is 0 Å². The van der Waals surface area contributed by atoms with Crippen molar-refractivity contribution in [3.63, 3.8) is 0 Å². The number of anilines is 1. The Bertz CT molecular complexity index is 1170. The summed E-state index contributed by atoms with van der Waals surface area (Å²) in [5.74, 6) is -1.04. The summed E-state index contributed by atoms with van der Waals surface area (Å²) < 4.78 is 24.0. The van der Waals surface area contributed by atoms with Crippen molar-refractivity contribution in [2.75, 3.05) is 5.32 Å². The Labute approximate surface area is 167 Å². The van der Waals surface area contributed by atoms with Gasteiger partial charge in [-0.15, -0.1) is 11.3 Å². The molecule has 0 aliphatic heterocycles. The van der Waals surface area contributed by atoms with Gasteiger partial charge in [-0.1, -0.05) is 11.6 Å². The highest BCUT2D eigenvalue weighted by Gasteiger charge is 2.19. The first-order chi connectivity index (χ1) is 13.5. The lowest BCUT2D eigenvalue weighted by atomic mass is 10.2. The standard InChI is InChI=1S/C20H11ClFNO4S/c21-17-14-8-7-13(27-20(25)15-2-1-9-26-15)10-16(14)28-18(17)19(24)23-12-5-3-11(22)4-6-12/h1-10H,(H,23,24).